The van der Waals surface area contributed by atoms with E-state index in [9.17, 15) is 9.13 Å². The van der Waals surface area contributed by atoms with Crippen LogP contribution in [-0.2, 0) is 31.7 Å². The molecular formula is C14H22O8P2. The van der Waals surface area contributed by atoms with Crippen LogP contribution >= 0.6 is 15.4 Å². The van der Waals surface area contributed by atoms with Gasteiger partial charge in [0.15, 0.2) is 5.85 Å². The lowest BCUT2D eigenvalue weighted by atomic mass is 10.2. The Morgan fingerprint density at radius 1 is 0.958 bits per heavy atom. The lowest BCUT2D eigenvalue weighted by Crippen LogP contribution is -2.13. The zero-order valence-corrected chi connectivity index (χ0v) is 16.0. The minimum atomic E-state index is -3.90. The van der Waals surface area contributed by atoms with Crippen LogP contribution in [0.3, 0.4) is 0 Å². The molecule has 1 aromatic carbocycles. The van der Waals surface area contributed by atoms with E-state index in [1.165, 1.54) is 20.3 Å². The highest BCUT2D eigenvalue weighted by Gasteiger charge is 2.40. The number of hydrogen-bond donors (Lipinski definition) is 0. The SMILES string of the molecule is COc1cccc(/C=C/C(OP(=O)(OC)OC)P(=O)(OC)OC)c1. The molecule has 1 aromatic rings. The highest BCUT2D eigenvalue weighted by molar-refractivity contribution is 7.56. The molecule has 0 saturated carbocycles. The van der Waals surface area contributed by atoms with Crippen LogP contribution in [0.2, 0.25) is 0 Å². The molecule has 0 aliphatic heterocycles. The average Bonchev–Trinajstić information content (AvgIpc) is 2.64. The van der Waals surface area contributed by atoms with E-state index < -0.39 is 21.3 Å². The summed E-state index contributed by atoms with van der Waals surface area (Å²) in [5.41, 5.74) is 0.742. The summed E-state index contributed by atoms with van der Waals surface area (Å²) in [5, 5.41) is 0. The first-order chi connectivity index (χ1) is 11.4. The first kappa shape index (κ1) is 21.1. The van der Waals surface area contributed by atoms with Gasteiger partial charge in [-0.2, -0.15) is 0 Å². The topological polar surface area (TPSA) is 89.5 Å². The van der Waals surface area contributed by atoms with Crippen molar-refractivity contribution in [3.8, 4) is 5.75 Å². The maximum absolute atomic E-state index is 12.6. The molecule has 0 heterocycles. The zero-order valence-electron chi connectivity index (χ0n) is 14.2. The lowest BCUT2D eigenvalue weighted by molar-refractivity contribution is 0.133. The van der Waals surface area contributed by atoms with Gasteiger partial charge in [0.1, 0.15) is 5.75 Å². The van der Waals surface area contributed by atoms with E-state index in [1.54, 1.807) is 37.5 Å². The number of hydrogen-bond acceptors (Lipinski definition) is 8. The normalized spacial score (nSPS) is 14.0. The number of methoxy groups -OCH3 is 1. The number of phosphoric acid groups is 1. The highest BCUT2D eigenvalue weighted by Crippen LogP contribution is 2.60. The van der Waals surface area contributed by atoms with E-state index in [0.29, 0.717) is 5.75 Å². The molecular weight excluding hydrogens is 358 g/mol. The van der Waals surface area contributed by atoms with Crippen molar-refractivity contribution in [3.05, 3.63) is 35.9 Å². The smallest absolute Gasteiger partial charge is 0.475 e. The van der Waals surface area contributed by atoms with E-state index in [1.807, 2.05) is 0 Å². The van der Waals surface area contributed by atoms with E-state index in [2.05, 4.69) is 0 Å². The first-order valence-electron chi connectivity index (χ1n) is 6.79. The molecule has 0 radical (unpaired) electrons. The molecule has 8 nitrogen and oxygen atoms in total. The second kappa shape index (κ2) is 9.49. The maximum atomic E-state index is 12.6. The van der Waals surface area contributed by atoms with Crippen molar-refractivity contribution in [2.45, 2.75) is 5.85 Å². The van der Waals surface area contributed by atoms with Gasteiger partial charge in [0, 0.05) is 28.4 Å². The molecule has 136 valence electrons. The third kappa shape index (κ3) is 5.53. The number of ether oxygens (including phenoxy) is 1. The minimum absolute atomic E-state index is 0.649. The van der Waals surface area contributed by atoms with Gasteiger partial charge >= 0.3 is 15.4 Å². The quantitative estimate of drug-likeness (QED) is 0.564. The van der Waals surface area contributed by atoms with Gasteiger partial charge in [-0.15, -0.1) is 0 Å². The van der Waals surface area contributed by atoms with Gasteiger partial charge in [-0.05, 0) is 23.8 Å². The van der Waals surface area contributed by atoms with Crippen molar-refractivity contribution in [3.63, 3.8) is 0 Å². The van der Waals surface area contributed by atoms with Crippen LogP contribution in [-0.4, -0.2) is 41.4 Å². The average molecular weight is 380 g/mol. The molecule has 0 saturated heterocycles. The summed E-state index contributed by atoms with van der Waals surface area (Å²) in [4.78, 5) is 0. The van der Waals surface area contributed by atoms with E-state index in [0.717, 1.165) is 19.8 Å². The number of rotatable bonds is 10. The molecule has 0 N–H and O–H groups in total. The fourth-order valence-corrected chi connectivity index (χ4v) is 4.04. The van der Waals surface area contributed by atoms with Crippen molar-refractivity contribution in [1.82, 2.24) is 0 Å². The molecule has 0 fully saturated rings. The Kier molecular flexibility index (Phi) is 8.33. The Morgan fingerprint density at radius 3 is 2.08 bits per heavy atom. The Labute approximate surface area is 141 Å². The predicted octanol–water partition coefficient (Wildman–Crippen LogP) is 3.94. The van der Waals surface area contributed by atoms with Crippen LogP contribution in [0.15, 0.2) is 30.3 Å². The van der Waals surface area contributed by atoms with Gasteiger partial charge < -0.3 is 13.8 Å². The Bertz CT molecular complexity index is 629. The van der Waals surface area contributed by atoms with Crippen LogP contribution in [0.1, 0.15) is 5.56 Å². The largest absolute Gasteiger partial charge is 0.497 e. The third-order valence-electron chi connectivity index (χ3n) is 3.05. The molecule has 0 spiro atoms. The summed E-state index contributed by atoms with van der Waals surface area (Å²) < 4.78 is 54.5. The third-order valence-corrected chi connectivity index (χ3v) is 6.52. The van der Waals surface area contributed by atoms with Gasteiger partial charge in [0.2, 0.25) is 0 Å². The van der Waals surface area contributed by atoms with Gasteiger partial charge in [-0.1, -0.05) is 18.2 Å². The monoisotopic (exact) mass is 380 g/mol. The van der Waals surface area contributed by atoms with Gasteiger partial charge in [-0.25, -0.2) is 4.57 Å². The van der Waals surface area contributed by atoms with Crippen LogP contribution < -0.4 is 4.74 Å². The number of phosphoric ester groups is 1. The van der Waals surface area contributed by atoms with E-state index in [-0.39, 0.29) is 0 Å². The summed E-state index contributed by atoms with van der Waals surface area (Å²) in [7, 11) is -1.40. The minimum Gasteiger partial charge on any atom is -0.497 e. The second-order valence-corrected chi connectivity index (χ2v) is 8.50. The molecule has 0 aliphatic carbocycles. The summed E-state index contributed by atoms with van der Waals surface area (Å²) in [6.45, 7) is 0. The maximum Gasteiger partial charge on any atom is 0.475 e. The number of benzene rings is 1. The molecule has 1 atom stereocenters. The van der Waals surface area contributed by atoms with E-state index >= 15 is 0 Å². The van der Waals surface area contributed by atoms with Gasteiger partial charge in [0.25, 0.3) is 0 Å². The molecule has 0 amide bonds. The van der Waals surface area contributed by atoms with Crippen LogP contribution in [0.4, 0.5) is 0 Å². The van der Waals surface area contributed by atoms with Crippen LogP contribution in [0, 0.1) is 0 Å². The van der Waals surface area contributed by atoms with Crippen molar-refractivity contribution < 1.29 is 36.5 Å². The fourth-order valence-electron chi connectivity index (χ4n) is 1.71. The molecule has 24 heavy (non-hydrogen) atoms. The highest BCUT2D eigenvalue weighted by atomic mass is 31.2. The molecule has 0 aliphatic rings. The Balaban J connectivity index is 3.15. The summed E-state index contributed by atoms with van der Waals surface area (Å²) in [5.74, 6) is -0.653. The standard InChI is InChI=1S/C14H22O8P2/c1-17-13-8-6-7-12(11-13)9-10-14(23(15,18-2)19-3)22-24(16,20-4)21-5/h6-11,14H,1-5H3/b10-9+. The summed E-state index contributed by atoms with van der Waals surface area (Å²) in [6, 6.07) is 7.12. The van der Waals surface area contributed by atoms with Gasteiger partial charge in [-0.3, -0.25) is 18.1 Å². The fraction of sp³-hybridized carbons (Fsp3) is 0.429. The lowest BCUT2D eigenvalue weighted by Gasteiger charge is -2.24. The zero-order chi connectivity index (χ0) is 18.2. The van der Waals surface area contributed by atoms with Crippen LogP contribution in [0.5, 0.6) is 5.75 Å². The van der Waals surface area contributed by atoms with Crippen molar-refractivity contribution >= 4 is 21.5 Å². The van der Waals surface area contributed by atoms with Gasteiger partial charge in [0.05, 0.1) is 7.11 Å². The molecule has 0 bridgehead atoms. The second-order valence-electron chi connectivity index (χ2n) is 4.35. The Morgan fingerprint density at radius 2 is 1.58 bits per heavy atom. The van der Waals surface area contributed by atoms with Crippen molar-refractivity contribution in [1.29, 1.82) is 0 Å². The summed E-state index contributed by atoms with van der Waals surface area (Å²) >= 11 is 0. The van der Waals surface area contributed by atoms with Crippen molar-refractivity contribution in [2.24, 2.45) is 0 Å². The summed E-state index contributed by atoms with van der Waals surface area (Å²) in [6.07, 6.45) is 3.00. The molecule has 1 rings (SSSR count). The molecule has 0 aromatic heterocycles. The van der Waals surface area contributed by atoms with E-state index in [4.69, 9.17) is 27.4 Å². The van der Waals surface area contributed by atoms with Crippen molar-refractivity contribution in [2.75, 3.05) is 35.5 Å². The molecule has 10 heteroatoms. The first-order valence-corrected chi connectivity index (χ1v) is 9.87. The molecule has 1 unspecified atom stereocenters. The van der Waals surface area contributed by atoms with Crippen LogP contribution in [0.25, 0.3) is 6.08 Å². The Hall–Kier alpha value is -0.980. The predicted molar refractivity (Wildman–Crippen MR) is 90.2 cm³/mol.